The van der Waals surface area contributed by atoms with Crippen molar-refractivity contribution in [1.82, 2.24) is 19.8 Å². The Hall–Kier alpha value is -3.22. The van der Waals surface area contributed by atoms with Crippen LogP contribution in [0, 0.1) is 6.92 Å². The maximum atomic E-state index is 13.5. The summed E-state index contributed by atoms with van der Waals surface area (Å²) in [6.07, 6.45) is 14.5. The molecule has 0 atom stereocenters. The summed E-state index contributed by atoms with van der Waals surface area (Å²) < 4.78 is 0. The van der Waals surface area contributed by atoms with E-state index in [9.17, 15) is 4.79 Å². The van der Waals surface area contributed by atoms with Gasteiger partial charge in [0.2, 0.25) is 5.91 Å². The lowest BCUT2D eigenvalue weighted by Gasteiger charge is -2.40. The van der Waals surface area contributed by atoms with Crippen molar-refractivity contribution in [2.45, 2.75) is 64.1 Å². The highest BCUT2D eigenvalue weighted by atomic mass is 35.5. The number of pyridine rings is 2. The fraction of sp³-hybridized carbons (Fsp3) is 0.387. The normalized spacial score (nSPS) is 17.2. The lowest BCUT2D eigenvalue weighted by atomic mass is 10.00. The van der Waals surface area contributed by atoms with Gasteiger partial charge < -0.3 is 15.1 Å². The van der Waals surface area contributed by atoms with Crippen LogP contribution >= 0.6 is 11.6 Å². The van der Waals surface area contributed by atoms with E-state index in [-0.39, 0.29) is 11.9 Å². The number of nitrogens with one attached hydrogen (secondary N) is 1. The molecule has 2 aromatic heterocycles. The number of carbonyl (C=O) groups excluding carboxylic acids is 1. The van der Waals surface area contributed by atoms with Crippen molar-refractivity contribution in [3.63, 3.8) is 0 Å². The summed E-state index contributed by atoms with van der Waals surface area (Å²) in [5.74, 6) is 0.0236. The fourth-order valence-electron chi connectivity index (χ4n) is 5.61. The van der Waals surface area contributed by atoms with E-state index in [2.05, 4.69) is 15.2 Å². The third-order valence-electron chi connectivity index (χ3n) is 7.69. The highest BCUT2D eigenvalue weighted by Gasteiger charge is 2.31. The Balaban J connectivity index is 1.28. The SMILES string of the molecule is Cc1cc(Nc2ccc(CN(C(=O)C=Cc3ccc(Cl)cc3)C3CCN(C4CCCC4)CC3)nc2)ccn1. The molecule has 2 fully saturated rings. The number of halogens is 1. The lowest BCUT2D eigenvalue weighted by Crippen LogP contribution is -2.48. The number of carbonyl (C=O) groups is 1. The third kappa shape index (κ3) is 7.00. The molecule has 38 heavy (non-hydrogen) atoms. The number of aromatic nitrogens is 2. The van der Waals surface area contributed by atoms with E-state index < -0.39 is 0 Å². The maximum absolute atomic E-state index is 13.5. The fourth-order valence-corrected chi connectivity index (χ4v) is 5.74. The summed E-state index contributed by atoms with van der Waals surface area (Å²) in [4.78, 5) is 27.1. The van der Waals surface area contributed by atoms with Gasteiger partial charge in [0, 0.05) is 53.9 Å². The highest BCUT2D eigenvalue weighted by Crippen LogP contribution is 2.28. The third-order valence-corrected chi connectivity index (χ3v) is 7.95. The Morgan fingerprint density at radius 2 is 1.79 bits per heavy atom. The van der Waals surface area contributed by atoms with Crippen LogP contribution < -0.4 is 5.32 Å². The lowest BCUT2D eigenvalue weighted by molar-refractivity contribution is -0.130. The minimum Gasteiger partial charge on any atom is -0.354 e. The second-order valence-corrected chi connectivity index (χ2v) is 10.8. The van der Waals surface area contributed by atoms with Crippen LogP contribution in [0.3, 0.4) is 0 Å². The van der Waals surface area contributed by atoms with E-state index in [1.165, 1.54) is 25.7 Å². The molecule has 1 aliphatic heterocycles. The zero-order valence-corrected chi connectivity index (χ0v) is 22.8. The van der Waals surface area contributed by atoms with Crippen molar-refractivity contribution >= 4 is 35.0 Å². The van der Waals surface area contributed by atoms with Crippen LogP contribution in [-0.2, 0) is 11.3 Å². The van der Waals surface area contributed by atoms with E-state index in [1.807, 2.05) is 72.6 Å². The van der Waals surface area contributed by atoms with Crippen molar-refractivity contribution in [2.24, 2.45) is 0 Å². The first kappa shape index (κ1) is 26.4. The van der Waals surface area contributed by atoms with Crippen LogP contribution in [0.4, 0.5) is 11.4 Å². The van der Waals surface area contributed by atoms with Gasteiger partial charge in [-0.25, -0.2) is 0 Å². The van der Waals surface area contributed by atoms with Gasteiger partial charge in [-0.05, 0) is 80.6 Å². The molecule has 1 amide bonds. The molecule has 7 heteroatoms. The topological polar surface area (TPSA) is 61.4 Å². The maximum Gasteiger partial charge on any atom is 0.247 e. The van der Waals surface area contributed by atoms with E-state index in [4.69, 9.17) is 16.6 Å². The quantitative estimate of drug-likeness (QED) is 0.332. The molecule has 1 N–H and O–H groups in total. The first-order valence-electron chi connectivity index (χ1n) is 13.7. The Labute approximate surface area is 230 Å². The van der Waals surface area contributed by atoms with Crippen molar-refractivity contribution < 1.29 is 4.79 Å². The van der Waals surface area contributed by atoms with Crippen molar-refractivity contribution in [2.75, 3.05) is 18.4 Å². The first-order valence-corrected chi connectivity index (χ1v) is 14.0. The predicted octanol–water partition coefficient (Wildman–Crippen LogP) is 6.63. The molecule has 1 aromatic carbocycles. The van der Waals surface area contributed by atoms with E-state index in [0.29, 0.717) is 11.6 Å². The van der Waals surface area contributed by atoms with Gasteiger partial charge in [0.1, 0.15) is 0 Å². The number of piperidine rings is 1. The van der Waals surface area contributed by atoms with Gasteiger partial charge in [-0.2, -0.15) is 0 Å². The molecule has 1 aliphatic carbocycles. The number of benzene rings is 1. The summed E-state index contributed by atoms with van der Waals surface area (Å²) in [6, 6.07) is 16.4. The molecule has 6 nitrogen and oxygen atoms in total. The van der Waals surface area contributed by atoms with Crippen molar-refractivity contribution in [3.8, 4) is 0 Å². The molecule has 2 aliphatic rings. The van der Waals surface area contributed by atoms with E-state index >= 15 is 0 Å². The molecule has 3 aromatic rings. The monoisotopic (exact) mass is 529 g/mol. The molecule has 1 saturated carbocycles. The molecule has 0 unspecified atom stereocenters. The minimum absolute atomic E-state index is 0.0236. The van der Waals surface area contributed by atoms with Crippen LogP contribution in [0.1, 0.15) is 55.5 Å². The molecule has 3 heterocycles. The van der Waals surface area contributed by atoms with Gasteiger partial charge in [0.15, 0.2) is 0 Å². The molecule has 198 valence electrons. The van der Waals surface area contributed by atoms with E-state index in [1.54, 1.807) is 12.3 Å². The average Bonchev–Trinajstić information content (AvgIpc) is 3.48. The number of nitrogens with zero attached hydrogens (tertiary/aromatic N) is 4. The van der Waals surface area contributed by atoms with Gasteiger partial charge >= 0.3 is 0 Å². The highest BCUT2D eigenvalue weighted by molar-refractivity contribution is 6.30. The van der Waals surface area contributed by atoms with Gasteiger partial charge in [-0.15, -0.1) is 0 Å². The summed E-state index contributed by atoms with van der Waals surface area (Å²) in [5.41, 5.74) is 4.68. The van der Waals surface area contributed by atoms with Gasteiger partial charge in [0.05, 0.1) is 24.1 Å². The Kier molecular flexibility index (Phi) is 8.72. The number of amides is 1. The largest absolute Gasteiger partial charge is 0.354 e. The number of aryl methyl sites for hydroxylation is 1. The summed E-state index contributed by atoms with van der Waals surface area (Å²) in [5, 5.41) is 4.06. The van der Waals surface area contributed by atoms with Crippen LogP contribution in [0.15, 0.2) is 67.0 Å². The number of anilines is 2. The molecular formula is C31H36ClN5O. The number of rotatable bonds is 8. The Morgan fingerprint density at radius 3 is 2.47 bits per heavy atom. The number of likely N-dealkylation sites (tertiary alicyclic amines) is 1. The molecule has 0 radical (unpaired) electrons. The first-order chi connectivity index (χ1) is 18.5. The van der Waals surface area contributed by atoms with Crippen LogP contribution in [0.25, 0.3) is 6.08 Å². The molecule has 0 spiro atoms. The Bertz CT molecular complexity index is 1230. The molecule has 1 saturated heterocycles. The van der Waals surface area contributed by atoms with Crippen LogP contribution in [0.5, 0.6) is 0 Å². The zero-order chi connectivity index (χ0) is 26.3. The molecule has 5 rings (SSSR count). The predicted molar refractivity (Wildman–Crippen MR) is 154 cm³/mol. The number of hydrogen-bond acceptors (Lipinski definition) is 5. The molecule has 0 bridgehead atoms. The smallest absolute Gasteiger partial charge is 0.247 e. The van der Waals surface area contributed by atoms with Gasteiger partial charge in [-0.3, -0.25) is 14.8 Å². The van der Waals surface area contributed by atoms with Gasteiger partial charge in [0.25, 0.3) is 0 Å². The summed E-state index contributed by atoms with van der Waals surface area (Å²) >= 11 is 6.02. The van der Waals surface area contributed by atoms with Crippen LogP contribution in [-0.4, -0.2) is 50.8 Å². The van der Waals surface area contributed by atoms with E-state index in [0.717, 1.165) is 60.3 Å². The second-order valence-electron chi connectivity index (χ2n) is 10.4. The number of hydrogen-bond donors (Lipinski definition) is 1. The zero-order valence-electron chi connectivity index (χ0n) is 22.0. The Morgan fingerprint density at radius 1 is 1.03 bits per heavy atom. The van der Waals surface area contributed by atoms with Crippen LogP contribution in [0.2, 0.25) is 5.02 Å². The minimum atomic E-state index is 0.0236. The average molecular weight is 530 g/mol. The summed E-state index contributed by atoms with van der Waals surface area (Å²) in [7, 11) is 0. The summed E-state index contributed by atoms with van der Waals surface area (Å²) in [6.45, 7) is 4.58. The van der Waals surface area contributed by atoms with Crippen molar-refractivity contribution in [3.05, 3.63) is 89.0 Å². The van der Waals surface area contributed by atoms with Gasteiger partial charge in [-0.1, -0.05) is 36.6 Å². The molecular weight excluding hydrogens is 494 g/mol. The second kappa shape index (κ2) is 12.5. The standard InChI is InChI=1S/C31H36ClN5O/c1-23-20-26(14-17-33-23)35-27-11-12-28(34-21-27)22-37(31(38)13-8-24-6-9-25(32)10-7-24)30-15-18-36(19-16-30)29-4-2-3-5-29/h6-14,17,20-21,29-30H,2-5,15-16,18-19,22H2,1H3,(H,33,35). The van der Waals surface area contributed by atoms with Crippen molar-refractivity contribution in [1.29, 1.82) is 0 Å².